The summed E-state index contributed by atoms with van der Waals surface area (Å²) in [6.45, 7) is 15.7. The maximum atomic E-state index is 13.3. The van der Waals surface area contributed by atoms with Gasteiger partial charge in [0.25, 0.3) is 5.56 Å². The molecule has 1 heterocycles. The quantitative estimate of drug-likeness (QED) is 0.432. The number of aliphatic imine (C=N–C) groups is 1. The minimum atomic E-state index is -1.08. The number of nitrogens with zero attached hydrogens (tertiary/aromatic N) is 2. The molecule has 1 aromatic heterocycles. The first-order chi connectivity index (χ1) is 16.9. The molecule has 0 fully saturated rings. The van der Waals surface area contributed by atoms with Crippen molar-refractivity contribution >= 4 is 23.7 Å². The number of rotatable bonds is 11. The molecule has 0 radical (unpaired) electrons. The van der Waals surface area contributed by atoms with Crippen LogP contribution in [0.15, 0.2) is 64.7 Å². The van der Waals surface area contributed by atoms with E-state index in [4.69, 9.17) is 0 Å². The molecule has 1 amide bonds. The highest BCUT2D eigenvalue weighted by Crippen LogP contribution is 2.22. The molecule has 2 rings (SSSR count). The van der Waals surface area contributed by atoms with Crippen LogP contribution in [0.5, 0.6) is 0 Å². The van der Waals surface area contributed by atoms with Crippen molar-refractivity contribution < 1.29 is 14.7 Å². The summed E-state index contributed by atoms with van der Waals surface area (Å²) in [5, 5.41) is 12.2. The van der Waals surface area contributed by atoms with E-state index in [0.29, 0.717) is 12.0 Å². The first-order valence-electron chi connectivity index (χ1n) is 12.1. The summed E-state index contributed by atoms with van der Waals surface area (Å²) in [6, 6.07) is 7.68. The number of carboxylic acids is 1. The third-order valence-corrected chi connectivity index (χ3v) is 5.96. The monoisotopic (exact) mass is 491 g/mol. The van der Waals surface area contributed by atoms with Crippen LogP contribution in [-0.2, 0) is 9.59 Å². The van der Waals surface area contributed by atoms with Crippen molar-refractivity contribution in [1.82, 2.24) is 9.88 Å². The Morgan fingerprint density at radius 2 is 1.81 bits per heavy atom. The largest absolute Gasteiger partial charge is 0.481 e. The van der Waals surface area contributed by atoms with Crippen LogP contribution in [0.3, 0.4) is 0 Å². The lowest BCUT2D eigenvalue weighted by Crippen LogP contribution is -2.44. The van der Waals surface area contributed by atoms with Gasteiger partial charge in [0.1, 0.15) is 6.04 Å². The van der Waals surface area contributed by atoms with Gasteiger partial charge in [-0.25, -0.2) is 0 Å². The van der Waals surface area contributed by atoms with Crippen molar-refractivity contribution in [3.63, 3.8) is 0 Å². The van der Waals surface area contributed by atoms with E-state index in [9.17, 15) is 19.5 Å². The summed E-state index contributed by atoms with van der Waals surface area (Å²) in [4.78, 5) is 41.8. The lowest BCUT2D eigenvalue weighted by molar-refractivity contribution is -0.137. The van der Waals surface area contributed by atoms with Crippen LogP contribution in [0.2, 0.25) is 0 Å². The molecule has 7 nitrogen and oxygen atoms in total. The van der Waals surface area contributed by atoms with E-state index < -0.39 is 24.0 Å². The van der Waals surface area contributed by atoms with Crippen molar-refractivity contribution in [2.75, 3.05) is 0 Å². The van der Waals surface area contributed by atoms with Crippen LogP contribution in [0.25, 0.3) is 5.57 Å². The van der Waals surface area contributed by atoms with Crippen molar-refractivity contribution in [3.05, 3.63) is 87.5 Å². The predicted octanol–water partition coefficient (Wildman–Crippen LogP) is 5.01. The van der Waals surface area contributed by atoms with Gasteiger partial charge >= 0.3 is 5.97 Å². The Kier molecular flexibility index (Phi) is 10.1. The van der Waals surface area contributed by atoms with E-state index in [1.54, 1.807) is 18.5 Å². The zero-order valence-electron chi connectivity index (χ0n) is 22.0. The minimum Gasteiger partial charge on any atom is -0.481 e. The normalized spacial score (nSPS) is 13.6. The van der Waals surface area contributed by atoms with E-state index >= 15 is 0 Å². The maximum absolute atomic E-state index is 13.3. The predicted molar refractivity (Wildman–Crippen MR) is 145 cm³/mol. The Hall–Kier alpha value is -3.74. The zero-order valence-corrected chi connectivity index (χ0v) is 22.0. The highest BCUT2D eigenvalue weighted by atomic mass is 16.4. The van der Waals surface area contributed by atoms with Crippen LogP contribution >= 0.6 is 0 Å². The van der Waals surface area contributed by atoms with E-state index in [1.165, 1.54) is 16.8 Å². The molecule has 0 aliphatic heterocycles. The van der Waals surface area contributed by atoms with Gasteiger partial charge < -0.3 is 15.0 Å². The number of pyridine rings is 1. The second-order valence-corrected chi connectivity index (χ2v) is 9.69. The summed E-state index contributed by atoms with van der Waals surface area (Å²) >= 11 is 0. The Bertz CT molecular complexity index is 1220. The number of hydrogen-bond acceptors (Lipinski definition) is 4. The fourth-order valence-corrected chi connectivity index (χ4v) is 4.19. The van der Waals surface area contributed by atoms with E-state index in [2.05, 4.69) is 16.9 Å². The average Bonchev–Trinajstić information content (AvgIpc) is 2.76. The highest BCUT2D eigenvalue weighted by molar-refractivity contribution is 5.87. The van der Waals surface area contributed by atoms with Gasteiger partial charge in [-0.15, -0.1) is 0 Å². The van der Waals surface area contributed by atoms with Crippen LogP contribution in [0.4, 0.5) is 0 Å². The smallest absolute Gasteiger partial charge is 0.305 e. The number of benzene rings is 1. The Balaban J connectivity index is 2.28. The molecule has 1 aromatic carbocycles. The number of carbonyl (C=O) groups is 2. The fourth-order valence-electron chi connectivity index (χ4n) is 4.19. The molecule has 0 bridgehead atoms. The molecular weight excluding hydrogens is 454 g/mol. The average molecular weight is 492 g/mol. The summed E-state index contributed by atoms with van der Waals surface area (Å²) in [5.74, 6) is -1.38. The Morgan fingerprint density at radius 1 is 1.17 bits per heavy atom. The molecule has 7 heteroatoms. The lowest BCUT2D eigenvalue weighted by Gasteiger charge is -2.25. The van der Waals surface area contributed by atoms with Crippen molar-refractivity contribution in [1.29, 1.82) is 0 Å². The van der Waals surface area contributed by atoms with E-state index in [0.717, 1.165) is 27.8 Å². The van der Waals surface area contributed by atoms with E-state index in [1.807, 2.05) is 59.7 Å². The number of carboxylic acid groups (broad SMARTS) is 1. The number of nitrogens with one attached hydrogen (secondary N) is 1. The molecular formula is C29H37N3O4. The summed E-state index contributed by atoms with van der Waals surface area (Å²) in [7, 11) is 0. The lowest BCUT2D eigenvalue weighted by atomic mass is 9.97. The van der Waals surface area contributed by atoms with Crippen LogP contribution in [0, 0.1) is 26.7 Å². The van der Waals surface area contributed by atoms with Gasteiger partial charge in [-0.2, -0.15) is 0 Å². The number of hydrogen-bond donors (Lipinski definition) is 2. The molecule has 2 N–H and O–H groups in total. The molecule has 2 aromatic rings. The number of allylic oxidation sites excluding steroid dienone is 1. The molecule has 36 heavy (non-hydrogen) atoms. The van der Waals surface area contributed by atoms with Crippen molar-refractivity contribution in [2.24, 2.45) is 10.9 Å². The molecule has 2 atom stereocenters. The Labute approximate surface area is 213 Å². The Morgan fingerprint density at radius 3 is 2.36 bits per heavy atom. The topological polar surface area (TPSA) is 101 Å². The zero-order chi connectivity index (χ0) is 27.0. The number of carbonyl (C=O) groups excluding carboxylic acids is 1. The highest BCUT2D eigenvalue weighted by Gasteiger charge is 2.26. The third kappa shape index (κ3) is 7.90. The van der Waals surface area contributed by atoms with Gasteiger partial charge in [0.2, 0.25) is 5.91 Å². The maximum Gasteiger partial charge on any atom is 0.305 e. The van der Waals surface area contributed by atoms with Crippen LogP contribution in [-0.4, -0.2) is 33.8 Å². The standard InChI is InChI=1S/C29H37N3O4/c1-18(2)13-25(32-12-11-19(3)14-26(32)33)29(36)31-24(15-27(34)35)22(6)16-30-17-23(7)28-20(4)9-8-10-21(28)5/h8-12,14,16-18,24-25H,6,13,15H2,1-5,7H3,(H,31,36)(H,34,35)/b23-17+,30-16?/t24-,25+/m1/s1. The van der Waals surface area contributed by atoms with E-state index in [-0.39, 0.29) is 17.9 Å². The number of aliphatic carboxylic acids is 1. The second kappa shape index (κ2) is 12.8. The number of aryl methyl sites for hydroxylation is 3. The molecule has 0 unspecified atom stereocenters. The SMILES string of the molecule is C=C(C=N/C=C(\C)c1c(C)cccc1C)[C@@H](CC(=O)O)NC(=O)[C@H](CC(C)C)n1ccc(C)cc1=O. The van der Waals surface area contributed by atoms with Gasteiger partial charge in [-0.05, 0) is 79.5 Å². The van der Waals surface area contributed by atoms with Crippen molar-refractivity contribution in [3.8, 4) is 0 Å². The van der Waals surface area contributed by atoms with Gasteiger partial charge in [-0.1, -0.05) is 38.6 Å². The van der Waals surface area contributed by atoms with Gasteiger partial charge in [0, 0.05) is 24.7 Å². The summed E-state index contributed by atoms with van der Waals surface area (Å²) in [5.41, 5.74) is 5.22. The molecule has 0 saturated heterocycles. The number of amides is 1. The second-order valence-electron chi connectivity index (χ2n) is 9.69. The molecule has 0 aliphatic carbocycles. The summed E-state index contributed by atoms with van der Waals surface area (Å²) < 4.78 is 1.40. The molecule has 0 aliphatic rings. The van der Waals surface area contributed by atoms with Crippen LogP contribution < -0.4 is 10.9 Å². The first-order valence-corrected chi connectivity index (χ1v) is 12.1. The number of aromatic nitrogens is 1. The summed E-state index contributed by atoms with van der Waals surface area (Å²) in [6.07, 6.45) is 4.85. The molecule has 192 valence electrons. The minimum absolute atomic E-state index is 0.134. The van der Waals surface area contributed by atoms with Gasteiger partial charge in [0.05, 0.1) is 12.5 Å². The van der Waals surface area contributed by atoms with Crippen molar-refractivity contribution in [2.45, 2.75) is 66.5 Å². The van der Waals surface area contributed by atoms with Gasteiger partial charge in [-0.3, -0.25) is 19.4 Å². The first kappa shape index (κ1) is 28.5. The fraction of sp³-hybridized carbons (Fsp3) is 0.379. The third-order valence-electron chi connectivity index (χ3n) is 5.96. The molecule has 0 spiro atoms. The van der Waals surface area contributed by atoms with Gasteiger partial charge in [0.15, 0.2) is 0 Å². The van der Waals surface area contributed by atoms with Crippen LogP contribution in [0.1, 0.15) is 61.9 Å². The molecule has 0 saturated carbocycles.